The number of phenolic OH excluding ortho intramolecular Hbond substituents is 1. The van der Waals surface area contributed by atoms with Crippen LogP contribution in [0.15, 0.2) is 42.5 Å². The van der Waals surface area contributed by atoms with E-state index < -0.39 is 17.6 Å². The summed E-state index contributed by atoms with van der Waals surface area (Å²) in [7, 11) is 2.20. The third kappa shape index (κ3) is 6.49. The quantitative estimate of drug-likeness (QED) is 0.784. The second kappa shape index (κ2) is 9.78. The summed E-state index contributed by atoms with van der Waals surface area (Å²) in [6.45, 7) is 2.44. The molecule has 1 heterocycles. The summed E-state index contributed by atoms with van der Waals surface area (Å²) in [6.07, 6.45) is 0.563. The second-order valence-corrected chi connectivity index (χ2v) is 7.34. The first-order valence-electron chi connectivity index (χ1n) is 9.54. The SMILES string of the molecule is CN1CCCCC1Cc1cccc(O)c1.Cc1c(C(N)=O)cccc1C(F)(F)F. The number of alkyl halides is 3. The van der Waals surface area contributed by atoms with Crippen LogP contribution in [0.25, 0.3) is 0 Å². The van der Waals surface area contributed by atoms with E-state index in [1.54, 1.807) is 6.07 Å². The number of likely N-dealkylation sites (N-methyl/N-ethyl adjacent to an activating group) is 1. The first-order valence-corrected chi connectivity index (χ1v) is 9.54. The molecule has 1 atom stereocenters. The van der Waals surface area contributed by atoms with Crippen LogP contribution >= 0.6 is 0 Å². The summed E-state index contributed by atoms with van der Waals surface area (Å²) in [5.41, 5.74) is 5.11. The van der Waals surface area contributed by atoms with Crippen LogP contribution in [0.2, 0.25) is 0 Å². The normalized spacial score (nSPS) is 17.3. The fraction of sp³-hybridized carbons (Fsp3) is 0.409. The third-order valence-electron chi connectivity index (χ3n) is 5.21. The van der Waals surface area contributed by atoms with Crippen molar-refractivity contribution in [3.63, 3.8) is 0 Å². The average molecular weight is 408 g/mol. The number of benzene rings is 2. The lowest BCUT2D eigenvalue weighted by Crippen LogP contribution is -2.37. The van der Waals surface area contributed by atoms with Gasteiger partial charge in [-0.05, 0) is 75.2 Å². The Hall–Kier alpha value is -2.54. The van der Waals surface area contributed by atoms with Gasteiger partial charge in [-0.2, -0.15) is 13.2 Å². The van der Waals surface area contributed by atoms with Crippen molar-refractivity contribution in [2.75, 3.05) is 13.6 Å². The van der Waals surface area contributed by atoms with Gasteiger partial charge in [0.25, 0.3) is 0 Å². The highest BCUT2D eigenvalue weighted by Gasteiger charge is 2.33. The summed E-state index contributed by atoms with van der Waals surface area (Å²) in [6, 6.07) is 11.6. The number of primary amides is 1. The third-order valence-corrected chi connectivity index (χ3v) is 5.21. The fourth-order valence-corrected chi connectivity index (χ4v) is 3.57. The summed E-state index contributed by atoms with van der Waals surface area (Å²) in [5.74, 6) is -0.473. The Bertz CT molecular complexity index is 837. The van der Waals surface area contributed by atoms with Gasteiger partial charge in [0.15, 0.2) is 0 Å². The second-order valence-electron chi connectivity index (χ2n) is 7.34. The van der Waals surface area contributed by atoms with Crippen molar-refractivity contribution in [1.82, 2.24) is 4.90 Å². The van der Waals surface area contributed by atoms with E-state index in [4.69, 9.17) is 5.73 Å². The molecule has 0 aliphatic carbocycles. The van der Waals surface area contributed by atoms with Crippen LogP contribution in [0.3, 0.4) is 0 Å². The first-order chi connectivity index (χ1) is 13.6. The van der Waals surface area contributed by atoms with Gasteiger partial charge in [0.1, 0.15) is 5.75 Å². The van der Waals surface area contributed by atoms with Crippen LogP contribution in [0.5, 0.6) is 5.75 Å². The monoisotopic (exact) mass is 408 g/mol. The number of rotatable bonds is 3. The van der Waals surface area contributed by atoms with Crippen molar-refractivity contribution >= 4 is 5.91 Å². The van der Waals surface area contributed by atoms with Gasteiger partial charge in [-0.1, -0.05) is 24.6 Å². The Kier molecular flexibility index (Phi) is 7.67. The Balaban J connectivity index is 0.000000208. The minimum atomic E-state index is -4.45. The van der Waals surface area contributed by atoms with E-state index in [-0.39, 0.29) is 11.1 Å². The van der Waals surface area contributed by atoms with Crippen LogP contribution in [0.1, 0.15) is 46.3 Å². The number of carbonyl (C=O) groups excluding carboxylic acids is 1. The number of halogens is 3. The van der Waals surface area contributed by atoms with Crippen molar-refractivity contribution in [2.24, 2.45) is 5.73 Å². The van der Waals surface area contributed by atoms with Gasteiger partial charge < -0.3 is 15.7 Å². The number of phenols is 1. The lowest BCUT2D eigenvalue weighted by molar-refractivity contribution is -0.138. The summed E-state index contributed by atoms with van der Waals surface area (Å²) >= 11 is 0. The molecule has 3 N–H and O–H groups in total. The molecule has 2 aromatic carbocycles. The van der Waals surface area contributed by atoms with Crippen LogP contribution in [0, 0.1) is 6.92 Å². The van der Waals surface area contributed by atoms with E-state index in [9.17, 15) is 23.1 Å². The van der Waals surface area contributed by atoms with Gasteiger partial charge in [-0.25, -0.2) is 0 Å². The van der Waals surface area contributed by atoms with Crippen LogP contribution in [-0.2, 0) is 12.6 Å². The van der Waals surface area contributed by atoms with Crippen LogP contribution in [0.4, 0.5) is 13.2 Å². The number of nitrogens with two attached hydrogens (primary N) is 1. The number of hydrogen-bond acceptors (Lipinski definition) is 3. The van der Waals surface area contributed by atoms with E-state index in [2.05, 4.69) is 18.0 Å². The van der Waals surface area contributed by atoms with Gasteiger partial charge in [0.2, 0.25) is 5.91 Å². The molecule has 1 amide bonds. The van der Waals surface area contributed by atoms with Crippen LogP contribution in [-0.4, -0.2) is 35.5 Å². The molecule has 158 valence electrons. The maximum Gasteiger partial charge on any atom is 0.416 e. The molecule has 1 fully saturated rings. The molecule has 1 aliphatic heterocycles. The van der Waals surface area contributed by atoms with E-state index in [1.165, 1.54) is 44.4 Å². The van der Waals surface area contributed by atoms with E-state index >= 15 is 0 Å². The molecule has 0 bridgehead atoms. The lowest BCUT2D eigenvalue weighted by Gasteiger charge is -2.32. The molecule has 1 aliphatic rings. The largest absolute Gasteiger partial charge is 0.508 e. The maximum atomic E-state index is 12.3. The molecule has 7 heteroatoms. The van der Waals surface area contributed by atoms with Gasteiger partial charge in [-0.3, -0.25) is 4.79 Å². The smallest absolute Gasteiger partial charge is 0.416 e. The molecule has 0 spiro atoms. The van der Waals surface area contributed by atoms with Gasteiger partial charge in [0, 0.05) is 11.6 Å². The number of amides is 1. The van der Waals surface area contributed by atoms with Crippen molar-refractivity contribution in [3.8, 4) is 5.75 Å². The minimum Gasteiger partial charge on any atom is -0.508 e. The topological polar surface area (TPSA) is 66.6 Å². The van der Waals surface area contributed by atoms with E-state index in [0.717, 1.165) is 18.6 Å². The van der Waals surface area contributed by atoms with Gasteiger partial charge in [0.05, 0.1) is 5.56 Å². The standard InChI is InChI=1S/C13H19NO.C9H8F3NO/c1-14-8-3-2-6-12(14)9-11-5-4-7-13(15)10-11;1-5-6(8(13)14)3-2-4-7(5)9(10,11)12/h4-5,7,10,12,15H,2-3,6,8-9H2,1H3;2-4H,1H3,(H2,13,14). The summed E-state index contributed by atoms with van der Waals surface area (Å²) < 4.78 is 37.0. The molecule has 1 unspecified atom stereocenters. The summed E-state index contributed by atoms with van der Waals surface area (Å²) in [4.78, 5) is 13.2. The van der Waals surface area contributed by atoms with Crippen LogP contribution < -0.4 is 5.73 Å². The average Bonchev–Trinajstić information content (AvgIpc) is 2.63. The molecule has 0 saturated carbocycles. The van der Waals surface area contributed by atoms with Crippen molar-refractivity contribution in [3.05, 3.63) is 64.7 Å². The first kappa shape index (κ1) is 22.7. The Morgan fingerprint density at radius 2 is 1.90 bits per heavy atom. The Morgan fingerprint density at radius 1 is 1.21 bits per heavy atom. The molecule has 1 saturated heterocycles. The Morgan fingerprint density at radius 3 is 2.48 bits per heavy atom. The molecular weight excluding hydrogens is 381 g/mol. The van der Waals surface area contributed by atoms with Gasteiger partial charge >= 0.3 is 6.18 Å². The molecule has 2 aromatic rings. The zero-order valence-electron chi connectivity index (χ0n) is 16.7. The Labute approximate surface area is 169 Å². The number of piperidine rings is 1. The molecule has 3 rings (SSSR count). The summed E-state index contributed by atoms with van der Waals surface area (Å²) in [5, 5.41) is 9.39. The number of likely N-dealkylation sites (tertiary alicyclic amines) is 1. The maximum absolute atomic E-state index is 12.3. The van der Waals surface area contributed by atoms with Crippen molar-refractivity contribution in [2.45, 2.75) is 44.8 Å². The van der Waals surface area contributed by atoms with Crippen molar-refractivity contribution < 1.29 is 23.1 Å². The van der Waals surface area contributed by atoms with E-state index in [1.807, 2.05) is 12.1 Å². The molecular formula is C22H27F3N2O2. The zero-order valence-corrected chi connectivity index (χ0v) is 16.7. The van der Waals surface area contributed by atoms with E-state index in [0.29, 0.717) is 11.8 Å². The minimum absolute atomic E-state index is 0.0974. The highest BCUT2D eigenvalue weighted by molar-refractivity contribution is 5.94. The highest BCUT2D eigenvalue weighted by Crippen LogP contribution is 2.32. The number of carbonyl (C=O) groups is 1. The number of hydrogen-bond donors (Lipinski definition) is 2. The lowest BCUT2D eigenvalue weighted by atomic mass is 9.96. The zero-order chi connectivity index (χ0) is 21.6. The number of aromatic hydroxyl groups is 1. The highest BCUT2D eigenvalue weighted by atomic mass is 19.4. The fourth-order valence-electron chi connectivity index (χ4n) is 3.57. The molecule has 0 aromatic heterocycles. The molecule has 29 heavy (non-hydrogen) atoms. The molecule has 4 nitrogen and oxygen atoms in total. The number of nitrogens with zero attached hydrogens (tertiary/aromatic N) is 1. The predicted octanol–water partition coefficient (Wildman–Crippen LogP) is 4.53. The predicted molar refractivity (Wildman–Crippen MR) is 107 cm³/mol. The van der Waals surface area contributed by atoms with Gasteiger partial charge in [-0.15, -0.1) is 0 Å². The molecule has 0 radical (unpaired) electrons. The van der Waals surface area contributed by atoms with Crippen molar-refractivity contribution in [1.29, 1.82) is 0 Å².